The topological polar surface area (TPSA) is 98.0 Å². The van der Waals surface area contributed by atoms with Crippen LogP contribution in [-0.2, 0) is 11.3 Å². The molecular formula is C18H21BrN4O3. The van der Waals surface area contributed by atoms with Crippen LogP contribution in [0.4, 0.5) is 5.69 Å². The quantitative estimate of drug-likeness (QED) is 0.472. The number of ether oxygens (including phenoxy) is 2. The van der Waals surface area contributed by atoms with Gasteiger partial charge in [-0.25, -0.2) is 4.99 Å². The molecule has 26 heavy (non-hydrogen) atoms. The van der Waals surface area contributed by atoms with Crippen LogP contribution in [0.15, 0.2) is 51.9 Å². The molecule has 0 aliphatic heterocycles. The first-order chi connectivity index (χ1) is 12.5. The molecule has 2 rings (SSSR count). The second kappa shape index (κ2) is 9.67. The number of nitrogens with one attached hydrogen (secondary N) is 2. The van der Waals surface area contributed by atoms with Crippen LogP contribution in [0.2, 0.25) is 0 Å². The lowest BCUT2D eigenvalue weighted by atomic mass is 10.2. The first kappa shape index (κ1) is 19.6. The lowest BCUT2D eigenvalue weighted by Gasteiger charge is -2.09. The van der Waals surface area contributed by atoms with Crippen molar-refractivity contribution in [1.82, 2.24) is 5.32 Å². The van der Waals surface area contributed by atoms with Crippen molar-refractivity contribution in [2.24, 2.45) is 10.7 Å². The van der Waals surface area contributed by atoms with Crippen LogP contribution in [-0.4, -0.2) is 32.6 Å². The molecule has 2 aromatic carbocycles. The summed E-state index contributed by atoms with van der Waals surface area (Å²) in [5.74, 6) is 1.24. The number of carbonyl (C=O) groups excluding carboxylic acids is 1. The first-order valence-electron chi connectivity index (χ1n) is 7.82. The molecule has 0 fully saturated rings. The van der Waals surface area contributed by atoms with Gasteiger partial charge in [0, 0.05) is 10.2 Å². The first-order valence-corrected chi connectivity index (χ1v) is 8.61. The van der Waals surface area contributed by atoms with Gasteiger partial charge in [-0.3, -0.25) is 4.79 Å². The maximum atomic E-state index is 11.9. The average Bonchev–Trinajstić information content (AvgIpc) is 2.64. The molecule has 0 spiro atoms. The van der Waals surface area contributed by atoms with Gasteiger partial charge in [0.15, 0.2) is 17.5 Å². The summed E-state index contributed by atoms with van der Waals surface area (Å²) in [5, 5.41) is 5.55. The summed E-state index contributed by atoms with van der Waals surface area (Å²) >= 11 is 3.35. The van der Waals surface area contributed by atoms with Crippen LogP contribution < -0.4 is 25.8 Å². The van der Waals surface area contributed by atoms with Crippen LogP contribution in [0.1, 0.15) is 5.56 Å². The molecule has 2 aromatic rings. The third-order valence-electron chi connectivity index (χ3n) is 3.42. The van der Waals surface area contributed by atoms with Gasteiger partial charge in [0.25, 0.3) is 0 Å². The highest BCUT2D eigenvalue weighted by Gasteiger charge is 2.05. The number of nitrogens with zero attached hydrogens (tertiary/aromatic N) is 1. The van der Waals surface area contributed by atoms with Crippen LogP contribution in [0, 0.1) is 0 Å². The van der Waals surface area contributed by atoms with Gasteiger partial charge < -0.3 is 25.8 Å². The third kappa shape index (κ3) is 5.96. The van der Waals surface area contributed by atoms with Gasteiger partial charge in [-0.2, -0.15) is 0 Å². The zero-order chi connectivity index (χ0) is 18.9. The zero-order valence-corrected chi connectivity index (χ0v) is 16.2. The van der Waals surface area contributed by atoms with Gasteiger partial charge in [0.05, 0.1) is 27.3 Å². The Morgan fingerprint density at radius 1 is 1.15 bits per heavy atom. The predicted octanol–water partition coefficient (Wildman–Crippen LogP) is 2.51. The zero-order valence-electron chi connectivity index (χ0n) is 14.6. The van der Waals surface area contributed by atoms with E-state index in [1.807, 2.05) is 30.3 Å². The monoisotopic (exact) mass is 420 g/mol. The third-order valence-corrected chi connectivity index (χ3v) is 3.91. The van der Waals surface area contributed by atoms with E-state index in [1.165, 1.54) is 0 Å². The van der Waals surface area contributed by atoms with Gasteiger partial charge in [0.2, 0.25) is 5.91 Å². The molecule has 0 aliphatic carbocycles. The summed E-state index contributed by atoms with van der Waals surface area (Å²) in [6, 6.07) is 12.8. The maximum Gasteiger partial charge on any atom is 0.243 e. The summed E-state index contributed by atoms with van der Waals surface area (Å²) in [7, 11) is 3.15. The fourth-order valence-corrected chi connectivity index (χ4v) is 2.55. The number of hydrogen-bond acceptors (Lipinski definition) is 4. The van der Waals surface area contributed by atoms with Crippen LogP contribution >= 0.6 is 15.9 Å². The molecule has 4 N–H and O–H groups in total. The van der Waals surface area contributed by atoms with Crippen molar-refractivity contribution in [3.8, 4) is 11.5 Å². The number of amides is 1. The van der Waals surface area contributed by atoms with Crippen molar-refractivity contribution in [2.45, 2.75) is 6.54 Å². The van der Waals surface area contributed by atoms with Crippen LogP contribution in [0.5, 0.6) is 11.5 Å². The summed E-state index contributed by atoms with van der Waals surface area (Å²) in [4.78, 5) is 16.1. The Bertz CT molecular complexity index is 796. The lowest BCUT2D eigenvalue weighted by molar-refractivity contribution is -0.115. The van der Waals surface area contributed by atoms with E-state index in [1.54, 1.807) is 26.4 Å². The van der Waals surface area contributed by atoms with Gasteiger partial charge >= 0.3 is 0 Å². The van der Waals surface area contributed by atoms with Gasteiger partial charge in [-0.15, -0.1) is 0 Å². The Labute approximate surface area is 160 Å². The number of methoxy groups -OCH3 is 2. The number of anilines is 1. The Kier molecular flexibility index (Phi) is 7.28. The van der Waals surface area contributed by atoms with E-state index in [-0.39, 0.29) is 18.4 Å². The highest BCUT2D eigenvalue weighted by atomic mass is 79.9. The molecule has 0 aliphatic rings. The van der Waals surface area contributed by atoms with E-state index in [2.05, 4.69) is 31.6 Å². The molecule has 7 nitrogen and oxygen atoms in total. The van der Waals surface area contributed by atoms with Crippen LogP contribution in [0.25, 0.3) is 0 Å². The minimum Gasteiger partial charge on any atom is -0.493 e. The van der Waals surface area contributed by atoms with E-state index in [4.69, 9.17) is 15.2 Å². The molecule has 0 unspecified atom stereocenters. The maximum absolute atomic E-state index is 11.9. The molecule has 0 heterocycles. The van der Waals surface area contributed by atoms with E-state index < -0.39 is 0 Å². The van der Waals surface area contributed by atoms with E-state index >= 15 is 0 Å². The minimum atomic E-state index is -0.215. The average molecular weight is 421 g/mol. The molecule has 0 atom stereocenters. The summed E-state index contributed by atoms with van der Waals surface area (Å²) in [6.45, 7) is 0.375. The predicted molar refractivity (Wildman–Crippen MR) is 106 cm³/mol. The summed E-state index contributed by atoms with van der Waals surface area (Å²) in [5.41, 5.74) is 7.42. The van der Waals surface area contributed by atoms with Crippen molar-refractivity contribution in [3.05, 3.63) is 52.5 Å². The Hall–Kier alpha value is -2.74. The number of nitrogens with two attached hydrogens (primary N) is 1. The highest BCUT2D eigenvalue weighted by molar-refractivity contribution is 9.10. The molecule has 138 valence electrons. The number of carbonyl (C=O) groups is 1. The van der Waals surface area contributed by atoms with Crippen molar-refractivity contribution in [3.63, 3.8) is 0 Å². The van der Waals surface area contributed by atoms with Crippen molar-refractivity contribution in [1.29, 1.82) is 0 Å². The Morgan fingerprint density at radius 3 is 2.62 bits per heavy atom. The fourth-order valence-electron chi connectivity index (χ4n) is 2.15. The number of halogens is 1. The van der Waals surface area contributed by atoms with Gasteiger partial charge in [0.1, 0.15) is 0 Å². The molecule has 1 amide bonds. The number of aliphatic imine (C=N–C) groups is 1. The molecule has 0 radical (unpaired) electrons. The molecular weight excluding hydrogens is 400 g/mol. The number of rotatable bonds is 7. The smallest absolute Gasteiger partial charge is 0.243 e. The lowest BCUT2D eigenvalue weighted by Crippen LogP contribution is -2.37. The molecule has 0 saturated heterocycles. The van der Waals surface area contributed by atoms with E-state index in [9.17, 15) is 4.79 Å². The van der Waals surface area contributed by atoms with Crippen molar-refractivity contribution in [2.75, 3.05) is 26.1 Å². The number of guanidine groups is 1. The number of hydrogen-bond donors (Lipinski definition) is 3. The summed E-state index contributed by atoms with van der Waals surface area (Å²) in [6.07, 6.45) is 0. The Morgan fingerprint density at radius 2 is 1.92 bits per heavy atom. The molecule has 0 aromatic heterocycles. The molecule has 0 saturated carbocycles. The normalized spacial score (nSPS) is 11.0. The fraction of sp³-hybridized carbons (Fsp3) is 0.222. The second-order valence-corrected chi connectivity index (χ2v) is 6.22. The Balaban J connectivity index is 1.85. The second-order valence-electron chi connectivity index (χ2n) is 5.30. The standard InChI is InChI=1S/C18H21BrN4O3/c1-25-15-7-6-12(8-16(15)26-2)10-21-18(20)22-11-17(24)23-14-5-3-4-13(19)9-14/h3-9H,10-11H2,1-2H3,(H,23,24)(H3,20,21,22). The van der Waals surface area contributed by atoms with Crippen LogP contribution in [0.3, 0.4) is 0 Å². The SMILES string of the molecule is COc1ccc(CN=C(N)NCC(=O)Nc2cccc(Br)c2)cc1OC. The number of benzene rings is 2. The van der Waals surface area contributed by atoms with E-state index in [0.717, 1.165) is 10.0 Å². The van der Waals surface area contributed by atoms with E-state index in [0.29, 0.717) is 23.7 Å². The summed E-state index contributed by atoms with van der Waals surface area (Å²) < 4.78 is 11.3. The van der Waals surface area contributed by atoms with Gasteiger partial charge in [-0.05, 0) is 35.9 Å². The minimum absolute atomic E-state index is 0.0216. The van der Waals surface area contributed by atoms with Gasteiger partial charge in [-0.1, -0.05) is 28.1 Å². The van der Waals surface area contributed by atoms with Crippen molar-refractivity contribution < 1.29 is 14.3 Å². The molecule has 0 bridgehead atoms. The van der Waals surface area contributed by atoms with Crippen molar-refractivity contribution >= 4 is 33.5 Å². The molecule has 8 heteroatoms. The largest absolute Gasteiger partial charge is 0.493 e. The highest BCUT2D eigenvalue weighted by Crippen LogP contribution is 2.27.